The number of nitrogens with zero attached hydrogens (tertiary/aromatic N) is 4. The molecule has 0 spiro atoms. The molecule has 18 heavy (non-hydrogen) atoms. The Bertz CT molecular complexity index is 344. The highest BCUT2D eigenvalue weighted by Gasteiger charge is 2.13. The average molecular weight is 253 g/mol. The quantitative estimate of drug-likeness (QED) is 0.795. The fourth-order valence-electron chi connectivity index (χ4n) is 2.03. The standard InChI is InChI=1S/C12H23N5O/c1-16(2)8-4-11-14-12(18-15-11)10-17-7-3-5-13-6-9-17/h13H,3-10H2,1-2H3. The first-order valence-electron chi connectivity index (χ1n) is 6.63. The van der Waals surface area contributed by atoms with Crippen molar-refractivity contribution >= 4 is 0 Å². The summed E-state index contributed by atoms with van der Waals surface area (Å²) in [6.45, 7) is 6.02. The highest BCUT2D eigenvalue weighted by atomic mass is 16.5. The fourth-order valence-corrected chi connectivity index (χ4v) is 2.03. The smallest absolute Gasteiger partial charge is 0.240 e. The van der Waals surface area contributed by atoms with E-state index in [1.165, 1.54) is 6.42 Å². The Kier molecular flexibility index (Phi) is 5.10. The molecule has 1 aliphatic heterocycles. The molecule has 2 rings (SSSR count). The molecule has 6 nitrogen and oxygen atoms in total. The van der Waals surface area contributed by atoms with Crippen molar-refractivity contribution in [1.29, 1.82) is 0 Å². The van der Waals surface area contributed by atoms with Gasteiger partial charge in [0.15, 0.2) is 5.82 Å². The van der Waals surface area contributed by atoms with Gasteiger partial charge in [0.1, 0.15) is 0 Å². The molecular weight excluding hydrogens is 230 g/mol. The zero-order chi connectivity index (χ0) is 12.8. The van der Waals surface area contributed by atoms with Crippen LogP contribution in [0.4, 0.5) is 0 Å². The lowest BCUT2D eigenvalue weighted by atomic mass is 10.4. The van der Waals surface area contributed by atoms with Crippen LogP contribution in [0.2, 0.25) is 0 Å². The number of likely N-dealkylation sites (N-methyl/N-ethyl adjacent to an activating group) is 1. The summed E-state index contributed by atoms with van der Waals surface area (Å²) < 4.78 is 5.30. The third kappa shape index (κ3) is 4.36. The van der Waals surface area contributed by atoms with Crippen LogP contribution in [-0.4, -0.2) is 66.8 Å². The van der Waals surface area contributed by atoms with Crippen LogP contribution in [-0.2, 0) is 13.0 Å². The number of hydrogen-bond donors (Lipinski definition) is 1. The van der Waals surface area contributed by atoms with Gasteiger partial charge in [0, 0.05) is 26.1 Å². The summed E-state index contributed by atoms with van der Waals surface area (Å²) in [5, 5.41) is 7.41. The number of aromatic nitrogens is 2. The molecule has 0 bridgehead atoms. The highest BCUT2D eigenvalue weighted by molar-refractivity contribution is 4.87. The second-order valence-corrected chi connectivity index (χ2v) is 5.04. The summed E-state index contributed by atoms with van der Waals surface area (Å²) in [6.07, 6.45) is 2.03. The monoisotopic (exact) mass is 253 g/mol. The van der Waals surface area contributed by atoms with Gasteiger partial charge >= 0.3 is 0 Å². The van der Waals surface area contributed by atoms with Crippen molar-refractivity contribution in [2.75, 3.05) is 46.8 Å². The maximum Gasteiger partial charge on any atom is 0.240 e. The van der Waals surface area contributed by atoms with Crippen molar-refractivity contribution in [3.63, 3.8) is 0 Å². The molecule has 0 amide bonds. The first-order valence-corrected chi connectivity index (χ1v) is 6.63. The first kappa shape index (κ1) is 13.5. The van der Waals surface area contributed by atoms with Crippen LogP contribution >= 0.6 is 0 Å². The predicted octanol–water partition coefficient (Wildman–Crippen LogP) is -0.0310. The first-order chi connectivity index (χ1) is 8.74. The minimum Gasteiger partial charge on any atom is -0.338 e. The van der Waals surface area contributed by atoms with Gasteiger partial charge in [-0.1, -0.05) is 5.16 Å². The van der Waals surface area contributed by atoms with Crippen LogP contribution in [0, 0.1) is 0 Å². The van der Waals surface area contributed by atoms with E-state index in [-0.39, 0.29) is 0 Å². The minimum absolute atomic E-state index is 0.741. The molecule has 1 saturated heterocycles. The zero-order valence-electron chi connectivity index (χ0n) is 11.4. The Balaban J connectivity index is 1.81. The molecule has 0 radical (unpaired) electrons. The average Bonchev–Trinajstić information content (AvgIpc) is 2.62. The van der Waals surface area contributed by atoms with Crippen molar-refractivity contribution in [2.24, 2.45) is 0 Å². The summed E-state index contributed by atoms with van der Waals surface area (Å²) in [7, 11) is 4.09. The van der Waals surface area contributed by atoms with Gasteiger partial charge in [-0.15, -0.1) is 0 Å². The van der Waals surface area contributed by atoms with E-state index < -0.39 is 0 Å². The van der Waals surface area contributed by atoms with Gasteiger partial charge in [-0.3, -0.25) is 4.90 Å². The zero-order valence-corrected chi connectivity index (χ0v) is 11.4. The summed E-state index contributed by atoms with van der Waals surface area (Å²) in [4.78, 5) is 8.93. The summed E-state index contributed by atoms with van der Waals surface area (Å²) >= 11 is 0. The van der Waals surface area contributed by atoms with E-state index in [0.717, 1.165) is 57.4 Å². The maximum atomic E-state index is 5.30. The van der Waals surface area contributed by atoms with Crippen molar-refractivity contribution < 1.29 is 4.52 Å². The van der Waals surface area contributed by atoms with E-state index in [1.54, 1.807) is 0 Å². The van der Waals surface area contributed by atoms with Gasteiger partial charge in [-0.25, -0.2) is 0 Å². The van der Waals surface area contributed by atoms with E-state index >= 15 is 0 Å². The molecule has 1 aliphatic rings. The minimum atomic E-state index is 0.741. The normalized spacial score (nSPS) is 18.2. The van der Waals surface area contributed by atoms with Crippen LogP contribution in [0.5, 0.6) is 0 Å². The van der Waals surface area contributed by atoms with E-state index in [9.17, 15) is 0 Å². The predicted molar refractivity (Wildman–Crippen MR) is 69.3 cm³/mol. The summed E-state index contributed by atoms with van der Waals surface area (Å²) in [5.41, 5.74) is 0. The van der Waals surface area contributed by atoms with Gasteiger partial charge in [-0.2, -0.15) is 4.98 Å². The Morgan fingerprint density at radius 1 is 1.33 bits per heavy atom. The molecule has 0 atom stereocenters. The second kappa shape index (κ2) is 6.82. The van der Waals surface area contributed by atoms with Crippen LogP contribution in [0.3, 0.4) is 0 Å². The van der Waals surface area contributed by atoms with Gasteiger partial charge in [0.2, 0.25) is 5.89 Å². The van der Waals surface area contributed by atoms with Gasteiger partial charge in [0.05, 0.1) is 6.54 Å². The van der Waals surface area contributed by atoms with Gasteiger partial charge in [0.25, 0.3) is 0 Å². The molecule has 1 aromatic rings. The fraction of sp³-hybridized carbons (Fsp3) is 0.833. The third-order valence-corrected chi connectivity index (χ3v) is 3.08. The number of hydrogen-bond acceptors (Lipinski definition) is 6. The SMILES string of the molecule is CN(C)CCc1noc(CN2CCCNCC2)n1. The summed E-state index contributed by atoms with van der Waals surface area (Å²) in [5.74, 6) is 1.55. The highest BCUT2D eigenvalue weighted by Crippen LogP contribution is 2.05. The van der Waals surface area contributed by atoms with Crippen LogP contribution in [0.1, 0.15) is 18.1 Å². The molecular formula is C12H23N5O. The van der Waals surface area contributed by atoms with Crippen LogP contribution < -0.4 is 5.32 Å². The van der Waals surface area contributed by atoms with Gasteiger partial charge in [-0.05, 0) is 33.6 Å². The second-order valence-electron chi connectivity index (χ2n) is 5.04. The molecule has 0 unspecified atom stereocenters. The third-order valence-electron chi connectivity index (χ3n) is 3.08. The topological polar surface area (TPSA) is 57.4 Å². The Morgan fingerprint density at radius 2 is 2.22 bits per heavy atom. The molecule has 1 fully saturated rings. The number of rotatable bonds is 5. The maximum absolute atomic E-state index is 5.30. The molecule has 0 saturated carbocycles. The Labute approximate surface area is 108 Å². The summed E-state index contributed by atoms with van der Waals surface area (Å²) in [6, 6.07) is 0. The van der Waals surface area contributed by atoms with Crippen molar-refractivity contribution in [3.05, 3.63) is 11.7 Å². The van der Waals surface area contributed by atoms with E-state index in [4.69, 9.17) is 4.52 Å². The molecule has 2 heterocycles. The van der Waals surface area contributed by atoms with Gasteiger partial charge < -0.3 is 14.7 Å². The van der Waals surface area contributed by atoms with Crippen LogP contribution in [0.25, 0.3) is 0 Å². The van der Waals surface area contributed by atoms with E-state index in [1.807, 2.05) is 14.1 Å². The number of nitrogens with one attached hydrogen (secondary N) is 1. The van der Waals surface area contributed by atoms with E-state index in [2.05, 4.69) is 25.3 Å². The molecule has 0 aliphatic carbocycles. The lowest BCUT2D eigenvalue weighted by molar-refractivity contribution is 0.238. The lowest BCUT2D eigenvalue weighted by Gasteiger charge is -2.16. The Morgan fingerprint density at radius 3 is 3.06 bits per heavy atom. The molecule has 6 heteroatoms. The molecule has 102 valence electrons. The van der Waals surface area contributed by atoms with E-state index in [0.29, 0.717) is 0 Å². The molecule has 1 aromatic heterocycles. The molecule has 1 N–H and O–H groups in total. The van der Waals surface area contributed by atoms with Crippen LogP contribution in [0.15, 0.2) is 4.52 Å². The Hall–Kier alpha value is -0.980. The largest absolute Gasteiger partial charge is 0.338 e. The van der Waals surface area contributed by atoms with Crippen molar-refractivity contribution in [1.82, 2.24) is 25.3 Å². The van der Waals surface area contributed by atoms with Crippen molar-refractivity contribution in [3.8, 4) is 0 Å². The molecule has 0 aromatic carbocycles. The van der Waals surface area contributed by atoms with Crippen molar-refractivity contribution in [2.45, 2.75) is 19.4 Å². The lowest BCUT2D eigenvalue weighted by Crippen LogP contribution is -2.27.